The van der Waals surface area contributed by atoms with Crippen LogP contribution in [0.2, 0.25) is 0 Å². The number of amides is 1. The largest absolute Gasteiger partial charge is 0.337 e. The van der Waals surface area contributed by atoms with Crippen molar-refractivity contribution in [2.45, 2.75) is 18.9 Å². The van der Waals surface area contributed by atoms with Gasteiger partial charge in [0.15, 0.2) is 4.84 Å². The Bertz CT molecular complexity index is 395. The molecule has 8 heteroatoms. The molecular formula is C10H8Cl5NOS. The van der Waals surface area contributed by atoms with Gasteiger partial charge in [0, 0.05) is 4.90 Å². The number of hydrogen-bond donors (Lipinski definition) is 1. The number of halogens is 5. The minimum Gasteiger partial charge on any atom is -0.337 e. The Morgan fingerprint density at radius 2 is 1.72 bits per heavy atom. The Morgan fingerprint density at radius 1 is 1.17 bits per heavy atom. The highest BCUT2D eigenvalue weighted by atomic mass is 35.6. The fraction of sp³-hybridized carbons (Fsp3) is 0.300. The van der Waals surface area contributed by atoms with Crippen molar-refractivity contribution in [1.82, 2.24) is 5.32 Å². The Hall–Kier alpha value is 0.490. The molecule has 18 heavy (non-hydrogen) atoms. The minimum absolute atomic E-state index is 0.613. The number of thioether (sulfide) groups is 1. The summed E-state index contributed by atoms with van der Waals surface area (Å²) in [6.07, 6.45) is 0. The third kappa shape index (κ3) is 5.64. The SMILES string of the molecule is O=C(NC(Sc1ccccc1)C(Cl)(Cl)Cl)C(Cl)Cl. The van der Waals surface area contributed by atoms with E-state index in [9.17, 15) is 4.79 Å². The second kappa shape index (κ2) is 7.32. The van der Waals surface area contributed by atoms with Crippen molar-refractivity contribution in [3.05, 3.63) is 30.3 Å². The van der Waals surface area contributed by atoms with Gasteiger partial charge in [-0.05, 0) is 12.1 Å². The first-order chi connectivity index (χ1) is 8.30. The van der Waals surface area contributed by atoms with E-state index < -0.39 is 19.9 Å². The molecule has 0 aliphatic heterocycles. The highest BCUT2D eigenvalue weighted by Gasteiger charge is 2.35. The van der Waals surface area contributed by atoms with Crippen LogP contribution in [0.4, 0.5) is 0 Å². The fourth-order valence-corrected chi connectivity index (χ4v) is 2.59. The lowest BCUT2D eigenvalue weighted by Gasteiger charge is -2.25. The fourth-order valence-electron chi connectivity index (χ4n) is 1.01. The van der Waals surface area contributed by atoms with Gasteiger partial charge in [0.05, 0.1) is 0 Å². The van der Waals surface area contributed by atoms with Crippen molar-refractivity contribution >= 4 is 75.7 Å². The van der Waals surface area contributed by atoms with Crippen molar-refractivity contribution in [3.8, 4) is 0 Å². The van der Waals surface area contributed by atoms with E-state index in [1.807, 2.05) is 30.3 Å². The second-order valence-corrected chi connectivity index (χ2v) is 7.81. The van der Waals surface area contributed by atoms with Gasteiger partial charge >= 0.3 is 0 Å². The van der Waals surface area contributed by atoms with Crippen LogP contribution in [0.5, 0.6) is 0 Å². The normalized spacial score (nSPS) is 13.4. The van der Waals surface area contributed by atoms with Gasteiger partial charge < -0.3 is 5.32 Å². The molecule has 2 nitrogen and oxygen atoms in total. The van der Waals surface area contributed by atoms with Crippen LogP contribution in [0.3, 0.4) is 0 Å². The highest BCUT2D eigenvalue weighted by Crippen LogP contribution is 2.39. The number of carbonyl (C=O) groups excluding carboxylic acids is 1. The number of nitrogens with one attached hydrogen (secondary N) is 1. The van der Waals surface area contributed by atoms with Gasteiger partial charge in [-0.2, -0.15) is 0 Å². The van der Waals surface area contributed by atoms with Gasteiger partial charge in [-0.15, -0.1) is 0 Å². The van der Waals surface area contributed by atoms with Crippen LogP contribution in [0.25, 0.3) is 0 Å². The molecule has 0 bridgehead atoms. The maximum Gasteiger partial charge on any atom is 0.254 e. The molecule has 1 aromatic carbocycles. The summed E-state index contributed by atoms with van der Waals surface area (Å²) in [6.45, 7) is 0. The average molecular weight is 368 g/mol. The highest BCUT2D eigenvalue weighted by molar-refractivity contribution is 8.00. The average Bonchev–Trinajstić information content (AvgIpc) is 2.28. The number of rotatable bonds is 4. The molecule has 0 fully saturated rings. The van der Waals surface area contributed by atoms with E-state index in [0.717, 1.165) is 4.90 Å². The summed E-state index contributed by atoms with van der Waals surface area (Å²) >= 11 is 29.5. The zero-order chi connectivity index (χ0) is 13.8. The predicted octanol–water partition coefficient (Wildman–Crippen LogP) is 4.39. The zero-order valence-corrected chi connectivity index (χ0v) is 13.3. The first-order valence-electron chi connectivity index (χ1n) is 4.67. The first-order valence-corrected chi connectivity index (χ1v) is 7.56. The summed E-state index contributed by atoms with van der Waals surface area (Å²) in [5.74, 6) is -0.613. The predicted molar refractivity (Wildman–Crippen MR) is 80.0 cm³/mol. The second-order valence-electron chi connectivity index (χ2n) is 3.16. The molecule has 0 aliphatic carbocycles. The molecule has 0 spiro atoms. The third-order valence-corrected chi connectivity index (χ3v) is 4.46. The smallest absolute Gasteiger partial charge is 0.254 e. The van der Waals surface area contributed by atoms with Crippen LogP contribution in [0, 0.1) is 0 Å². The van der Waals surface area contributed by atoms with Crippen molar-refractivity contribution in [1.29, 1.82) is 0 Å². The molecule has 0 aromatic heterocycles. The van der Waals surface area contributed by atoms with Crippen LogP contribution in [0.1, 0.15) is 0 Å². The number of benzene rings is 1. The molecule has 1 N–H and O–H groups in total. The topological polar surface area (TPSA) is 29.1 Å². The molecule has 1 aromatic rings. The van der Waals surface area contributed by atoms with Crippen molar-refractivity contribution in [3.63, 3.8) is 0 Å². The summed E-state index contributed by atoms with van der Waals surface area (Å²) in [5.41, 5.74) is 0. The monoisotopic (exact) mass is 365 g/mol. The Morgan fingerprint density at radius 3 is 2.17 bits per heavy atom. The van der Waals surface area contributed by atoms with Crippen LogP contribution >= 0.6 is 69.8 Å². The van der Waals surface area contributed by atoms with Crippen LogP contribution in [-0.2, 0) is 4.79 Å². The standard InChI is InChI=1S/C10H8Cl5NOS/c11-7(12)8(17)16-9(10(13,14)15)18-6-4-2-1-3-5-6/h1-5,7,9H,(H,16,17). The van der Waals surface area contributed by atoms with Crippen LogP contribution in [-0.4, -0.2) is 19.9 Å². The lowest BCUT2D eigenvalue weighted by atomic mass is 10.4. The maximum atomic E-state index is 11.4. The Labute approximate surface area is 134 Å². The molecule has 0 aliphatic rings. The van der Waals surface area contributed by atoms with Crippen LogP contribution < -0.4 is 5.32 Å². The van der Waals surface area contributed by atoms with E-state index in [4.69, 9.17) is 58.0 Å². The summed E-state index contributed by atoms with van der Waals surface area (Å²) < 4.78 is -1.68. The van der Waals surface area contributed by atoms with Gasteiger partial charge in [0.1, 0.15) is 5.37 Å². The molecule has 0 radical (unpaired) electrons. The summed E-state index contributed by atoms with van der Waals surface area (Å²) in [4.78, 5) is 11.1. The molecule has 1 unspecified atom stereocenters. The van der Waals surface area contributed by atoms with E-state index in [1.54, 1.807) is 0 Å². The quantitative estimate of drug-likeness (QED) is 0.486. The lowest BCUT2D eigenvalue weighted by molar-refractivity contribution is -0.119. The molecule has 100 valence electrons. The lowest BCUT2D eigenvalue weighted by Crippen LogP contribution is -2.43. The number of alkyl halides is 5. The minimum atomic E-state index is -1.68. The molecule has 1 atom stereocenters. The van der Waals surface area contributed by atoms with E-state index in [1.165, 1.54) is 11.8 Å². The van der Waals surface area contributed by atoms with Gasteiger partial charge in [0.25, 0.3) is 5.91 Å². The van der Waals surface area contributed by atoms with Gasteiger partial charge in [0.2, 0.25) is 3.79 Å². The summed E-state index contributed by atoms with van der Waals surface area (Å²) in [6, 6.07) is 9.20. The molecule has 1 amide bonds. The van der Waals surface area contributed by atoms with Gasteiger partial charge in [-0.1, -0.05) is 88.0 Å². The molecule has 0 saturated carbocycles. The van der Waals surface area contributed by atoms with E-state index in [0.29, 0.717) is 0 Å². The van der Waals surface area contributed by atoms with E-state index in [2.05, 4.69) is 5.32 Å². The van der Waals surface area contributed by atoms with Crippen molar-refractivity contribution < 1.29 is 4.79 Å². The molecule has 0 heterocycles. The molecule has 1 rings (SSSR count). The van der Waals surface area contributed by atoms with Gasteiger partial charge in [-0.3, -0.25) is 4.79 Å². The maximum absolute atomic E-state index is 11.4. The summed E-state index contributed by atoms with van der Waals surface area (Å²) in [5, 5.41) is 1.68. The van der Waals surface area contributed by atoms with Crippen molar-refractivity contribution in [2.24, 2.45) is 0 Å². The molecule has 0 saturated heterocycles. The van der Waals surface area contributed by atoms with Gasteiger partial charge in [-0.25, -0.2) is 0 Å². The zero-order valence-electron chi connectivity index (χ0n) is 8.75. The van der Waals surface area contributed by atoms with Crippen molar-refractivity contribution in [2.75, 3.05) is 0 Å². The number of carbonyl (C=O) groups is 1. The Kier molecular flexibility index (Phi) is 6.73. The van der Waals surface area contributed by atoms with Crippen LogP contribution in [0.15, 0.2) is 35.2 Å². The number of hydrogen-bond acceptors (Lipinski definition) is 2. The summed E-state index contributed by atoms with van der Waals surface area (Å²) in [7, 11) is 0. The van der Waals surface area contributed by atoms with E-state index in [-0.39, 0.29) is 0 Å². The van der Waals surface area contributed by atoms with E-state index >= 15 is 0 Å². The third-order valence-electron chi connectivity index (χ3n) is 1.77. The first kappa shape index (κ1) is 16.5. The molecular weight excluding hydrogens is 359 g/mol. The Balaban J connectivity index is 2.77.